The second-order valence-electron chi connectivity index (χ2n) is 5.80. The van der Waals surface area contributed by atoms with Crippen molar-refractivity contribution in [1.29, 1.82) is 0 Å². The molecule has 4 rings (SSSR count). The van der Waals surface area contributed by atoms with Gasteiger partial charge in [-0.15, -0.1) is 22.7 Å². The van der Waals surface area contributed by atoms with Crippen LogP contribution < -0.4 is 10.6 Å². The first-order valence-corrected chi connectivity index (χ1v) is 11.3. The Morgan fingerprint density at radius 1 is 0.889 bits per heavy atom. The highest BCUT2D eigenvalue weighted by Gasteiger charge is 2.18. The molecule has 2 heterocycles. The number of fused-ring (bicyclic) bond motifs is 1. The molecule has 0 unspecified atom stereocenters. The molecule has 4 nitrogen and oxygen atoms in total. The molecule has 0 aliphatic carbocycles. The van der Waals surface area contributed by atoms with E-state index in [0.717, 1.165) is 20.0 Å². The lowest BCUT2D eigenvalue weighted by molar-refractivity contribution is 0.598. The number of rotatable bonds is 3. The highest BCUT2D eigenvalue weighted by Crippen LogP contribution is 2.40. The number of nitrogens with two attached hydrogens (primary N) is 1. The third-order valence-corrected chi connectivity index (χ3v) is 7.46. The Bertz CT molecular complexity index is 1320. The lowest BCUT2D eigenvalue weighted by atomic mass is 10.1. The Balaban J connectivity index is 2.03. The van der Waals surface area contributed by atoms with Crippen LogP contribution in [0.4, 0.5) is 0 Å². The minimum atomic E-state index is -3.78. The molecule has 0 aliphatic heterocycles. The number of hydrogen-bond donors (Lipinski definition) is 1. The monoisotopic (exact) mass is 433 g/mol. The molecule has 4 aromatic rings. The minimum absolute atomic E-state index is 0.0279. The molecule has 2 aromatic carbocycles. The topological polar surface area (TPSA) is 77.2 Å². The van der Waals surface area contributed by atoms with Crippen LogP contribution in [0.5, 0.6) is 0 Å². The Kier molecular flexibility index (Phi) is 4.65. The summed E-state index contributed by atoms with van der Waals surface area (Å²) in [5.41, 5.74) is 1.24. The normalized spacial score (nSPS) is 11.8. The van der Waals surface area contributed by atoms with Gasteiger partial charge in [-0.2, -0.15) is 0 Å². The number of thiophene rings is 1. The average molecular weight is 434 g/mol. The number of hydrogen-bond acceptors (Lipinski definition) is 5. The molecule has 0 amide bonds. The maximum atomic E-state index is 13.2. The summed E-state index contributed by atoms with van der Waals surface area (Å²) in [7, 11) is -3.78. The Hall–Kier alpha value is -2.03. The van der Waals surface area contributed by atoms with E-state index in [1.807, 2.05) is 24.3 Å². The Labute approximate surface area is 168 Å². The Morgan fingerprint density at radius 3 is 2.22 bits per heavy atom. The highest BCUT2D eigenvalue weighted by atomic mass is 35.5. The van der Waals surface area contributed by atoms with Gasteiger partial charge in [0.1, 0.15) is 0 Å². The van der Waals surface area contributed by atoms with Crippen molar-refractivity contribution < 1.29 is 8.42 Å². The fraction of sp³-hybridized carbons (Fsp3) is 0. The summed E-state index contributed by atoms with van der Waals surface area (Å²) in [6.45, 7) is 0. The van der Waals surface area contributed by atoms with Crippen molar-refractivity contribution in [2.24, 2.45) is 5.14 Å². The number of primary sulfonamides is 1. The van der Waals surface area contributed by atoms with E-state index in [4.69, 9.17) is 16.7 Å². The number of halogens is 1. The molecule has 0 spiro atoms. The molecule has 27 heavy (non-hydrogen) atoms. The molecule has 2 N–H and O–H groups in total. The van der Waals surface area contributed by atoms with E-state index in [0.29, 0.717) is 15.3 Å². The van der Waals surface area contributed by atoms with Crippen molar-refractivity contribution in [3.05, 3.63) is 75.2 Å². The van der Waals surface area contributed by atoms with E-state index in [2.05, 4.69) is 0 Å². The fourth-order valence-corrected chi connectivity index (χ4v) is 5.68. The number of sulfonamides is 1. The van der Waals surface area contributed by atoms with E-state index in [-0.39, 0.29) is 10.3 Å². The van der Waals surface area contributed by atoms with Gasteiger partial charge in [0, 0.05) is 19.8 Å². The zero-order valence-electron chi connectivity index (χ0n) is 13.7. The van der Waals surface area contributed by atoms with Crippen molar-refractivity contribution in [1.82, 2.24) is 0 Å². The largest absolute Gasteiger partial charge is 0.288 e. The molecule has 0 saturated carbocycles. The average Bonchev–Trinajstić information content (AvgIpc) is 3.07. The van der Waals surface area contributed by atoms with Crippen LogP contribution in [-0.4, -0.2) is 8.42 Å². The third-order valence-electron chi connectivity index (χ3n) is 4.06. The van der Waals surface area contributed by atoms with Crippen molar-refractivity contribution >= 4 is 54.4 Å². The second kappa shape index (κ2) is 6.85. The van der Waals surface area contributed by atoms with Gasteiger partial charge in [0.05, 0.1) is 14.8 Å². The smallest absolute Gasteiger partial charge is 0.238 e. The lowest BCUT2D eigenvalue weighted by Gasteiger charge is -2.10. The maximum Gasteiger partial charge on any atom is 0.238 e. The highest BCUT2D eigenvalue weighted by molar-refractivity contribution is 7.89. The van der Waals surface area contributed by atoms with E-state index in [9.17, 15) is 13.2 Å². The van der Waals surface area contributed by atoms with Gasteiger partial charge >= 0.3 is 0 Å². The van der Waals surface area contributed by atoms with Gasteiger partial charge in [0.25, 0.3) is 0 Å². The van der Waals surface area contributed by atoms with Crippen LogP contribution in [-0.2, 0) is 10.0 Å². The summed E-state index contributed by atoms with van der Waals surface area (Å²) in [6.07, 6.45) is 0. The molecular weight excluding hydrogens is 422 g/mol. The van der Waals surface area contributed by atoms with Crippen LogP contribution >= 0.6 is 34.3 Å². The van der Waals surface area contributed by atoms with Gasteiger partial charge in [-0.3, -0.25) is 4.79 Å². The minimum Gasteiger partial charge on any atom is -0.288 e. The standard InChI is InChI=1S/C19H12ClNO3S3/c20-16-10-9-15(25-16)17-18(22)13-3-1-2-4-14(13)26-19(17)11-5-7-12(8-6-11)27(21,23)24/h1-10H,(H2,21,23,24). The van der Waals surface area contributed by atoms with Gasteiger partial charge in [-0.1, -0.05) is 35.9 Å². The summed E-state index contributed by atoms with van der Waals surface area (Å²) in [5.74, 6) is 0. The Morgan fingerprint density at radius 2 is 1.59 bits per heavy atom. The van der Waals surface area contributed by atoms with Gasteiger partial charge < -0.3 is 0 Å². The van der Waals surface area contributed by atoms with Crippen molar-refractivity contribution in [3.63, 3.8) is 0 Å². The predicted octanol–water partition coefficient (Wildman–Crippen LogP) is 4.96. The zero-order chi connectivity index (χ0) is 19.2. The van der Waals surface area contributed by atoms with Crippen LogP contribution in [0, 0.1) is 0 Å². The van der Waals surface area contributed by atoms with Gasteiger partial charge in [0.15, 0.2) is 5.43 Å². The molecule has 0 aliphatic rings. The van der Waals surface area contributed by atoms with Crippen LogP contribution in [0.15, 0.2) is 70.4 Å². The van der Waals surface area contributed by atoms with Crippen molar-refractivity contribution in [3.8, 4) is 20.9 Å². The van der Waals surface area contributed by atoms with Crippen molar-refractivity contribution in [2.75, 3.05) is 0 Å². The fourth-order valence-electron chi connectivity index (χ4n) is 2.81. The predicted molar refractivity (Wildman–Crippen MR) is 113 cm³/mol. The zero-order valence-corrected chi connectivity index (χ0v) is 16.9. The molecule has 136 valence electrons. The lowest BCUT2D eigenvalue weighted by Crippen LogP contribution is -2.11. The van der Waals surface area contributed by atoms with Crippen LogP contribution in [0.25, 0.3) is 31.0 Å². The second-order valence-corrected chi connectivity index (χ2v) is 10.1. The molecule has 0 radical (unpaired) electrons. The summed E-state index contributed by atoms with van der Waals surface area (Å²) in [6, 6.07) is 17.2. The quantitative estimate of drug-likeness (QED) is 0.496. The van der Waals surface area contributed by atoms with Crippen molar-refractivity contribution in [2.45, 2.75) is 4.90 Å². The van der Waals surface area contributed by atoms with Gasteiger partial charge in [0.2, 0.25) is 10.0 Å². The van der Waals surface area contributed by atoms with Gasteiger partial charge in [-0.05, 0) is 42.0 Å². The molecule has 8 heteroatoms. The summed E-state index contributed by atoms with van der Waals surface area (Å²) < 4.78 is 24.5. The maximum absolute atomic E-state index is 13.2. The SMILES string of the molecule is NS(=O)(=O)c1ccc(-c2sc3ccccc3c(=O)c2-c2ccc(Cl)s2)cc1. The van der Waals surface area contributed by atoms with E-state index >= 15 is 0 Å². The molecule has 0 bridgehead atoms. The van der Waals surface area contributed by atoms with Crippen LogP contribution in [0.2, 0.25) is 4.34 Å². The van der Waals surface area contributed by atoms with E-state index in [1.54, 1.807) is 24.3 Å². The van der Waals surface area contributed by atoms with Crippen LogP contribution in [0.3, 0.4) is 0 Å². The van der Waals surface area contributed by atoms with Gasteiger partial charge in [-0.25, -0.2) is 13.6 Å². The molecular formula is C19H12ClNO3S3. The first-order valence-electron chi connectivity index (χ1n) is 7.79. The van der Waals surface area contributed by atoms with E-state index in [1.165, 1.54) is 34.8 Å². The first kappa shape index (κ1) is 18.3. The van der Waals surface area contributed by atoms with Crippen LogP contribution in [0.1, 0.15) is 0 Å². The summed E-state index contributed by atoms with van der Waals surface area (Å²) in [4.78, 5) is 14.8. The molecule has 0 atom stereocenters. The summed E-state index contributed by atoms with van der Waals surface area (Å²) >= 11 is 8.91. The molecule has 2 aromatic heterocycles. The number of benzene rings is 2. The summed E-state index contributed by atoms with van der Waals surface area (Å²) in [5, 5.41) is 5.82. The molecule has 0 saturated heterocycles. The third kappa shape index (κ3) is 3.44. The molecule has 0 fully saturated rings. The van der Waals surface area contributed by atoms with E-state index < -0.39 is 10.0 Å². The first-order chi connectivity index (χ1) is 12.8.